The molecule has 0 aliphatic carbocycles. The summed E-state index contributed by atoms with van der Waals surface area (Å²) in [4.78, 5) is 11.0. The first-order valence-electron chi connectivity index (χ1n) is 3.71. The zero-order valence-electron chi connectivity index (χ0n) is 7.18. The van der Waals surface area contributed by atoms with Gasteiger partial charge in [-0.25, -0.2) is 0 Å². The molecule has 60 valence electrons. The van der Waals surface area contributed by atoms with Gasteiger partial charge in [-0.3, -0.25) is 4.79 Å². The zero-order chi connectivity index (χ0) is 8.15. The summed E-state index contributed by atoms with van der Waals surface area (Å²) < 4.78 is 4.63. The Morgan fingerprint density at radius 3 is 2.10 bits per heavy atom. The maximum atomic E-state index is 11.0. The predicted octanol–water partition coefficient (Wildman–Crippen LogP) is 1.84. The molecule has 0 saturated heterocycles. The van der Waals surface area contributed by atoms with Crippen LogP contribution in [-0.4, -0.2) is 13.1 Å². The quantitative estimate of drug-likeness (QED) is 0.565. The number of ether oxygens (including phenoxy) is 1. The van der Waals surface area contributed by atoms with E-state index in [1.165, 1.54) is 7.11 Å². The van der Waals surface area contributed by atoms with Gasteiger partial charge < -0.3 is 4.74 Å². The number of methoxy groups -OCH3 is 1. The van der Waals surface area contributed by atoms with Crippen molar-refractivity contribution in [2.24, 2.45) is 11.8 Å². The summed E-state index contributed by atoms with van der Waals surface area (Å²) in [5.74, 6) is 0.375. The summed E-state index contributed by atoms with van der Waals surface area (Å²) in [6, 6.07) is 0. The average molecular weight is 144 g/mol. The molecule has 10 heavy (non-hydrogen) atoms. The molecule has 0 amide bonds. The molecule has 0 fully saturated rings. The molecule has 1 atom stereocenters. The van der Waals surface area contributed by atoms with Gasteiger partial charge in [-0.15, -0.1) is 0 Å². The van der Waals surface area contributed by atoms with Gasteiger partial charge in [-0.05, 0) is 12.3 Å². The minimum absolute atomic E-state index is 0.0741. The fraction of sp³-hybridized carbons (Fsp3) is 0.875. The Morgan fingerprint density at radius 2 is 2.00 bits per heavy atom. The monoisotopic (exact) mass is 144 g/mol. The van der Waals surface area contributed by atoms with Crippen LogP contribution >= 0.6 is 0 Å². The molecule has 0 aromatic rings. The molecule has 0 heterocycles. The van der Waals surface area contributed by atoms with E-state index in [1.807, 2.05) is 20.8 Å². The molecule has 0 rings (SSSR count). The van der Waals surface area contributed by atoms with Gasteiger partial charge in [-0.1, -0.05) is 20.8 Å². The van der Waals surface area contributed by atoms with Gasteiger partial charge in [0.1, 0.15) is 0 Å². The maximum absolute atomic E-state index is 11.0. The molecule has 2 heteroatoms. The summed E-state index contributed by atoms with van der Waals surface area (Å²) >= 11 is 0. The number of rotatable bonds is 3. The molecule has 0 aliphatic heterocycles. The van der Waals surface area contributed by atoms with Crippen LogP contribution in [0.4, 0.5) is 0 Å². The third-order valence-electron chi connectivity index (χ3n) is 1.75. The van der Waals surface area contributed by atoms with Crippen LogP contribution in [0.1, 0.15) is 27.2 Å². The standard InChI is InChI=1S/C8H16O2/c1-5-7(6(2)3)8(9)10-4/h6-7H,5H2,1-4H3/t7-/m1/s1. The number of carbonyl (C=O) groups is 1. The van der Waals surface area contributed by atoms with E-state index in [2.05, 4.69) is 4.74 Å². The molecule has 0 spiro atoms. The largest absolute Gasteiger partial charge is 0.469 e. The first-order chi connectivity index (χ1) is 4.63. The molecule has 0 aromatic carbocycles. The van der Waals surface area contributed by atoms with Gasteiger partial charge in [0.2, 0.25) is 0 Å². The van der Waals surface area contributed by atoms with Gasteiger partial charge in [0, 0.05) is 0 Å². The van der Waals surface area contributed by atoms with Gasteiger partial charge in [0.25, 0.3) is 0 Å². The Morgan fingerprint density at radius 1 is 1.50 bits per heavy atom. The number of hydrogen-bond donors (Lipinski definition) is 0. The highest BCUT2D eigenvalue weighted by Gasteiger charge is 2.19. The van der Waals surface area contributed by atoms with Crippen molar-refractivity contribution in [2.75, 3.05) is 7.11 Å². The lowest BCUT2D eigenvalue weighted by molar-refractivity contribution is -0.147. The van der Waals surface area contributed by atoms with Crippen molar-refractivity contribution < 1.29 is 9.53 Å². The lowest BCUT2D eigenvalue weighted by atomic mass is 9.94. The third-order valence-corrected chi connectivity index (χ3v) is 1.75. The number of carbonyl (C=O) groups excluding carboxylic acids is 1. The summed E-state index contributed by atoms with van der Waals surface area (Å²) in [6.07, 6.45) is 0.865. The Hall–Kier alpha value is -0.530. The van der Waals surface area contributed by atoms with E-state index in [4.69, 9.17) is 0 Å². The minimum Gasteiger partial charge on any atom is -0.469 e. The normalized spacial score (nSPS) is 13.3. The molecular formula is C8H16O2. The SMILES string of the molecule is CC[C@@H](C(=O)OC)C(C)C. The predicted molar refractivity (Wildman–Crippen MR) is 40.6 cm³/mol. The zero-order valence-corrected chi connectivity index (χ0v) is 7.18. The van der Waals surface area contributed by atoms with Gasteiger partial charge >= 0.3 is 5.97 Å². The van der Waals surface area contributed by atoms with E-state index in [1.54, 1.807) is 0 Å². The highest BCUT2D eigenvalue weighted by atomic mass is 16.5. The molecular weight excluding hydrogens is 128 g/mol. The molecule has 0 bridgehead atoms. The van der Waals surface area contributed by atoms with Crippen LogP contribution in [0.15, 0.2) is 0 Å². The molecule has 0 aromatic heterocycles. The molecule has 0 unspecified atom stereocenters. The summed E-state index contributed by atoms with van der Waals surface area (Å²) in [5.41, 5.74) is 0. The van der Waals surface area contributed by atoms with Crippen LogP contribution in [-0.2, 0) is 9.53 Å². The smallest absolute Gasteiger partial charge is 0.308 e. The lowest BCUT2D eigenvalue weighted by Crippen LogP contribution is -2.20. The second-order valence-electron chi connectivity index (χ2n) is 2.78. The van der Waals surface area contributed by atoms with Crippen molar-refractivity contribution in [1.82, 2.24) is 0 Å². The number of esters is 1. The average Bonchev–Trinajstić information content (AvgIpc) is 1.88. The van der Waals surface area contributed by atoms with E-state index in [0.29, 0.717) is 5.92 Å². The fourth-order valence-corrected chi connectivity index (χ4v) is 1.06. The molecule has 0 saturated carbocycles. The van der Waals surface area contributed by atoms with E-state index < -0.39 is 0 Å². The first kappa shape index (κ1) is 9.47. The number of hydrogen-bond acceptors (Lipinski definition) is 2. The minimum atomic E-state index is -0.0856. The van der Waals surface area contributed by atoms with Crippen LogP contribution in [0.25, 0.3) is 0 Å². The Labute approximate surface area is 62.6 Å². The van der Waals surface area contributed by atoms with Crippen molar-refractivity contribution in [3.63, 3.8) is 0 Å². The fourth-order valence-electron chi connectivity index (χ4n) is 1.06. The van der Waals surface area contributed by atoms with E-state index in [-0.39, 0.29) is 11.9 Å². The molecule has 0 N–H and O–H groups in total. The van der Waals surface area contributed by atoms with Crippen LogP contribution in [0, 0.1) is 11.8 Å². The van der Waals surface area contributed by atoms with Crippen molar-refractivity contribution in [3.05, 3.63) is 0 Å². The Kier molecular flexibility index (Phi) is 4.08. The van der Waals surface area contributed by atoms with E-state index in [0.717, 1.165) is 6.42 Å². The molecule has 2 nitrogen and oxygen atoms in total. The lowest BCUT2D eigenvalue weighted by Gasteiger charge is -2.15. The third kappa shape index (κ3) is 2.38. The van der Waals surface area contributed by atoms with Gasteiger partial charge in [0.15, 0.2) is 0 Å². The van der Waals surface area contributed by atoms with Crippen molar-refractivity contribution in [3.8, 4) is 0 Å². The van der Waals surface area contributed by atoms with Gasteiger partial charge in [-0.2, -0.15) is 0 Å². The van der Waals surface area contributed by atoms with E-state index >= 15 is 0 Å². The Bertz CT molecular complexity index is 108. The van der Waals surface area contributed by atoms with E-state index in [9.17, 15) is 4.79 Å². The van der Waals surface area contributed by atoms with Crippen LogP contribution in [0.2, 0.25) is 0 Å². The topological polar surface area (TPSA) is 26.3 Å². The second kappa shape index (κ2) is 4.31. The van der Waals surface area contributed by atoms with Crippen LogP contribution < -0.4 is 0 Å². The summed E-state index contributed by atoms with van der Waals surface area (Å²) in [5, 5.41) is 0. The Balaban J connectivity index is 3.93. The summed E-state index contributed by atoms with van der Waals surface area (Å²) in [7, 11) is 1.44. The highest BCUT2D eigenvalue weighted by Crippen LogP contribution is 2.15. The van der Waals surface area contributed by atoms with Gasteiger partial charge in [0.05, 0.1) is 13.0 Å². The van der Waals surface area contributed by atoms with Crippen molar-refractivity contribution >= 4 is 5.97 Å². The first-order valence-corrected chi connectivity index (χ1v) is 3.71. The summed E-state index contributed by atoms with van der Waals surface area (Å²) in [6.45, 7) is 6.07. The molecule has 0 radical (unpaired) electrons. The second-order valence-corrected chi connectivity index (χ2v) is 2.78. The highest BCUT2D eigenvalue weighted by molar-refractivity contribution is 5.72. The van der Waals surface area contributed by atoms with Crippen molar-refractivity contribution in [2.45, 2.75) is 27.2 Å². The van der Waals surface area contributed by atoms with Crippen LogP contribution in [0.5, 0.6) is 0 Å². The van der Waals surface area contributed by atoms with Crippen molar-refractivity contribution in [1.29, 1.82) is 0 Å². The maximum Gasteiger partial charge on any atom is 0.308 e. The van der Waals surface area contributed by atoms with Crippen LogP contribution in [0.3, 0.4) is 0 Å². The molecule has 0 aliphatic rings.